The zero-order valence-electron chi connectivity index (χ0n) is 15.6. The number of hydrogen-bond acceptors (Lipinski definition) is 4. The maximum Gasteiger partial charge on any atom is 0.407 e. The van der Waals surface area contributed by atoms with Gasteiger partial charge in [-0.1, -0.05) is 24.3 Å². The smallest absolute Gasteiger partial charge is 0.407 e. The molecule has 144 valence electrons. The Morgan fingerprint density at radius 1 is 1.14 bits per heavy atom. The minimum Gasteiger partial charge on any atom is -0.441 e. The highest BCUT2D eigenvalue weighted by atomic mass is 16.6. The average Bonchev–Trinajstić information content (AvgIpc) is 3.21. The fourth-order valence-electron chi connectivity index (χ4n) is 4.61. The van der Waals surface area contributed by atoms with Crippen molar-refractivity contribution in [2.45, 2.75) is 31.4 Å². The molecule has 2 fully saturated rings. The number of ether oxygens (including phenoxy) is 1. The Morgan fingerprint density at radius 2 is 1.86 bits per heavy atom. The van der Waals surface area contributed by atoms with Gasteiger partial charge < -0.3 is 15.0 Å². The van der Waals surface area contributed by atoms with Gasteiger partial charge in [0.05, 0.1) is 12.2 Å². The third-order valence-electron chi connectivity index (χ3n) is 6.19. The SMILES string of the molecule is CC(C(=O)N1CCC2(CC1)CNC(=O)O2)N1C(=O)c2cccc3cccc1c23. The Morgan fingerprint density at radius 3 is 2.54 bits per heavy atom. The van der Waals surface area contributed by atoms with E-state index in [2.05, 4.69) is 5.32 Å². The van der Waals surface area contributed by atoms with Gasteiger partial charge in [-0.3, -0.25) is 14.5 Å². The number of alkyl carbamates (subject to hydrolysis) is 1. The highest BCUT2D eigenvalue weighted by Gasteiger charge is 2.45. The number of likely N-dealkylation sites (tertiary alicyclic amines) is 1. The second-order valence-corrected chi connectivity index (χ2v) is 7.78. The molecule has 7 nitrogen and oxygen atoms in total. The summed E-state index contributed by atoms with van der Waals surface area (Å²) in [5, 5.41) is 4.62. The molecule has 7 heteroatoms. The molecule has 28 heavy (non-hydrogen) atoms. The van der Waals surface area contributed by atoms with E-state index < -0.39 is 11.6 Å². The monoisotopic (exact) mass is 379 g/mol. The van der Waals surface area contributed by atoms with Crippen molar-refractivity contribution in [3.8, 4) is 0 Å². The molecule has 3 heterocycles. The van der Waals surface area contributed by atoms with Crippen LogP contribution in [0, 0.1) is 0 Å². The van der Waals surface area contributed by atoms with E-state index in [0.717, 1.165) is 16.5 Å². The second kappa shape index (κ2) is 5.95. The lowest BCUT2D eigenvalue weighted by atomic mass is 9.91. The van der Waals surface area contributed by atoms with Crippen LogP contribution in [-0.4, -0.2) is 54.1 Å². The van der Waals surface area contributed by atoms with Crippen molar-refractivity contribution in [2.75, 3.05) is 24.5 Å². The first-order valence-corrected chi connectivity index (χ1v) is 9.60. The van der Waals surface area contributed by atoms with E-state index in [-0.39, 0.29) is 17.9 Å². The molecule has 3 amide bonds. The second-order valence-electron chi connectivity index (χ2n) is 7.78. The molecule has 3 aliphatic heterocycles. The molecule has 2 aromatic carbocycles. The topological polar surface area (TPSA) is 79.0 Å². The molecule has 2 aromatic rings. The summed E-state index contributed by atoms with van der Waals surface area (Å²) in [7, 11) is 0. The minimum atomic E-state index is -0.594. The van der Waals surface area contributed by atoms with Crippen LogP contribution >= 0.6 is 0 Å². The number of piperidine rings is 1. The Labute approximate surface area is 162 Å². The number of carbonyl (C=O) groups is 3. The van der Waals surface area contributed by atoms with Crippen LogP contribution in [0.3, 0.4) is 0 Å². The van der Waals surface area contributed by atoms with Gasteiger partial charge in [0.1, 0.15) is 11.6 Å². The third kappa shape index (κ3) is 2.38. The molecule has 0 aromatic heterocycles. The van der Waals surface area contributed by atoms with E-state index in [9.17, 15) is 14.4 Å². The van der Waals surface area contributed by atoms with Crippen molar-refractivity contribution in [3.63, 3.8) is 0 Å². The summed E-state index contributed by atoms with van der Waals surface area (Å²) in [6.07, 6.45) is 0.823. The van der Waals surface area contributed by atoms with Gasteiger partial charge in [0.25, 0.3) is 5.91 Å². The van der Waals surface area contributed by atoms with Crippen LogP contribution in [0.2, 0.25) is 0 Å². The van der Waals surface area contributed by atoms with Crippen LogP contribution in [0.4, 0.5) is 10.5 Å². The van der Waals surface area contributed by atoms with Crippen LogP contribution in [-0.2, 0) is 9.53 Å². The number of amides is 3. The van der Waals surface area contributed by atoms with E-state index >= 15 is 0 Å². The number of benzene rings is 2. The summed E-state index contributed by atoms with van der Waals surface area (Å²) >= 11 is 0. The fraction of sp³-hybridized carbons (Fsp3) is 0.381. The van der Waals surface area contributed by atoms with Crippen LogP contribution in [0.15, 0.2) is 36.4 Å². The number of anilines is 1. The molecule has 0 saturated carbocycles. The predicted molar refractivity (Wildman–Crippen MR) is 103 cm³/mol. The number of nitrogens with zero attached hydrogens (tertiary/aromatic N) is 2. The normalized spacial score (nSPS) is 21.2. The van der Waals surface area contributed by atoms with Crippen molar-refractivity contribution in [1.82, 2.24) is 10.2 Å². The van der Waals surface area contributed by atoms with E-state index in [0.29, 0.717) is 38.0 Å². The fourth-order valence-corrected chi connectivity index (χ4v) is 4.61. The summed E-state index contributed by atoms with van der Waals surface area (Å²) in [5.41, 5.74) is 0.943. The van der Waals surface area contributed by atoms with Crippen molar-refractivity contribution < 1.29 is 19.1 Å². The number of hydrogen-bond donors (Lipinski definition) is 1. The summed E-state index contributed by atoms with van der Waals surface area (Å²) in [6.45, 7) is 3.30. The quantitative estimate of drug-likeness (QED) is 0.868. The zero-order valence-corrected chi connectivity index (χ0v) is 15.6. The Bertz CT molecular complexity index is 1000. The molecule has 5 rings (SSSR count). The number of nitrogens with one attached hydrogen (secondary N) is 1. The van der Waals surface area contributed by atoms with Crippen LogP contribution in [0.5, 0.6) is 0 Å². The van der Waals surface area contributed by atoms with Gasteiger partial charge in [-0.25, -0.2) is 4.79 Å². The van der Waals surface area contributed by atoms with Gasteiger partial charge in [0.15, 0.2) is 0 Å². The van der Waals surface area contributed by atoms with E-state index in [1.165, 1.54) is 0 Å². The van der Waals surface area contributed by atoms with Crippen molar-refractivity contribution in [2.24, 2.45) is 0 Å². The van der Waals surface area contributed by atoms with Crippen LogP contribution in [0.25, 0.3) is 10.8 Å². The molecule has 0 radical (unpaired) electrons. The van der Waals surface area contributed by atoms with Gasteiger partial charge in [-0.05, 0) is 24.4 Å². The first-order chi connectivity index (χ1) is 13.5. The van der Waals surface area contributed by atoms with Gasteiger partial charge in [0, 0.05) is 36.9 Å². The Hall–Kier alpha value is -3.09. The van der Waals surface area contributed by atoms with E-state index in [4.69, 9.17) is 4.74 Å². The summed E-state index contributed by atoms with van der Waals surface area (Å²) in [6, 6.07) is 10.9. The molecular formula is C21H21N3O4. The number of carbonyl (C=O) groups excluding carboxylic acids is 3. The lowest BCUT2D eigenvalue weighted by molar-refractivity contribution is -0.135. The zero-order chi connectivity index (χ0) is 19.5. The van der Waals surface area contributed by atoms with Crippen LogP contribution < -0.4 is 10.2 Å². The van der Waals surface area contributed by atoms with Gasteiger partial charge >= 0.3 is 6.09 Å². The summed E-state index contributed by atoms with van der Waals surface area (Å²) in [4.78, 5) is 41.0. The molecule has 2 saturated heterocycles. The molecule has 1 atom stereocenters. The van der Waals surface area contributed by atoms with Crippen LogP contribution in [0.1, 0.15) is 30.1 Å². The lowest BCUT2D eigenvalue weighted by Gasteiger charge is -2.39. The third-order valence-corrected chi connectivity index (χ3v) is 6.19. The maximum absolute atomic E-state index is 13.2. The molecule has 3 aliphatic rings. The largest absolute Gasteiger partial charge is 0.441 e. The van der Waals surface area contributed by atoms with E-state index in [1.54, 1.807) is 16.7 Å². The average molecular weight is 379 g/mol. The highest BCUT2D eigenvalue weighted by Crippen LogP contribution is 2.39. The van der Waals surface area contributed by atoms with Gasteiger partial charge in [-0.2, -0.15) is 0 Å². The highest BCUT2D eigenvalue weighted by molar-refractivity contribution is 6.26. The molecular weight excluding hydrogens is 358 g/mol. The first-order valence-electron chi connectivity index (χ1n) is 9.60. The first kappa shape index (κ1) is 17.0. The Kier molecular flexibility index (Phi) is 3.62. The lowest BCUT2D eigenvalue weighted by Crippen LogP contribution is -2.54. The van der Waals surface area contributed by atoms with Crippen molar-refractivity contribution in [3.05, 3.63) is 42.0 Å². The minimum absolute atomic E-state index is 0.0784. The maximum atomic E-state index is 13.2. The van der Waals surface area contributed by atoms with Gasteiger partial charge in [0.2, 0.25) is 5.91 Å². The molecule has 1 N–H and O–H groups in total. The summed E-state index contributed by atoms with van der Waals surface area (Å²) in [5.74, 6) is -0.208. The van der Waals surface area contributed by atoms with E-state index in [1.807, 2.05) is 36.4 Å². The van der Waals surface area contributed by atoms with Crippen molar-refractivity contribution >= 4 is 34.4 Å². The van der Waals surface area contributed by atoms with Crippen molar-refractivity contribution in [1.29, 1.82) is 0 Å². The van der Waals surface area contributed by atoms with Gasteiger partial charge in [-0.15, -0.1) is 0 Å². The predicted octanol–water partition coefficient (Wildman–Crippen LogP) is 2.29. The Balaban J connectivity index is 1.37. The molecule has 1 spiro atoms. The standard InChI is InChI=1S/C21H21N3O4/c1-13(18(25)23-10-8-21(9-11-23)12-22-20(27)28-21)24-16-7-3-5-14-4-2-6-15(17(14)16)19(24)26/h2-7,13H,8-12H2,1H3,(H,22,27). The molecule has 0 bridgehead atoms. The number of rotatable bonds is 2. The summed E-state index contributed by atoms with van der Waals surface area (Å²) < 4.78 is 5.42. The molecule has 0 aliphatic carbocycles. The molecule has 1 unspecified atom stereocenters.